The summed E-state index contributed by atoms with van der Waals surface area (Å²) in [5, 5.41) is 9.18. The van der Waals surface area contributed by atoms with Crippen molar-refractivity contribution in [3.05, 3.63) is 59.7 Å². The first kappa shape index (κ1) is 29.4. The zero-order valence-corrected chi connectivity index (χ0v) is 22.2. The van der Waals surface area contributed by atoms with E-state index in [0.29, 0.717) is 18.6 Å². The summed E-state index contributed by atoms with van der Waals surface area (Å²) in [6.45, 7) is 5.94. The number of carboxylic acid groups (broad SMARTS) is 1. The van der Waals surface area contributed by atoms with Crippen LogP contribution in [0.25, 0.3) is 0 Å². The number of nitrogens with zero attached hydrogens (tertiary/aromatic N) is 2. The van der Waals surface area contributed by atoms with Gasteiger partial charge in [0.15, 0.2) is 0 Å². The molecule has 0 spiro atoms. The maximum absolute atomic E-state index is 13.3. The first-order valence-electron chi connectivity index (χ1n) is 12.1. The van der Waals surface area contributed by atoms with E-state index >= 15 is 0 Å². The summed E-state index contributed by atoms with van der Waals surface area (Å²) in [5.41, 5.74) is -1.65. The molecule has 1 aliphatic heterocycles. The van der Waals surface area contributed by atoms with Gasteiger partial charge in [-0.3, -0.25) is 4.79 Å². The molecule has 1 amide bonds. The SMILES string of the molecule is CC1CN(C(=O)C(C)(C)CCCOc2ccc(C(F)(F)F)cc2)CCN1S(=O)(=O)c1cccc(C(=O)O)c1. The van der Waals surface area contributed by atoms with Crippen molar-refractivity contribution in [3.8, 4) is 5.75 Å². The zero-order chi connectivity index (χ0) is 28.3. The summed E-state index contributed by atoms with van der Waals surface area (Å²) in [5.74, 6) is -1.05. The van der Waals surface area contributed by atoms with Gasteiger partial charge < -0.3 is 14.7 Å². The van der Waals surface area contributed by atoms with Crippen molar-refractivity contribution in [2.45, 2.75) is 50.7 Å². The molecule has 8 nitrogen and oxygen atoms in total. The van der Waals surface area contributed by atoms with E-state index in [1.807, 2.05) is 0 Å². The van der Waals surface area contributed by atoms with Gasteiger partial charge in [-0.25, -0.2) is 13.2 Å². The van der Waals surface area contributed by atoms with E-state index in [-0.39, 0.29) is 42.6 Å². The fourth-order valence-corrected chi connectivity index (χ4v) is 6.05. The Morgan fingerprint density at radius 2 is 1.74 bits per heavy atom. The van der Waals surface area contributed by atoms with Crippen molar-refractivity contribution in [2.24, 2.45) is 5.41 Å². The number of hydrogen-bond donors (Lipinski definition) is 1. The van der Waals surface area contributed by atoms with Gasteiger partial charge in [-0.1, -0.05) is 19.9 Å². The number of aromatic carboxylic acids is 1. The van der Waals surface area contributed by atoms with Gasteiger partial charge in [0.1, 0.15) is 5.75 Å². The van der Waals surface area contributed by atoms with Crippen LogP contribution in [-0.2, 0) is 21.0 Å². The molecule has 1 aliphatic rings. The fourth-order valence-electron chi connectivity index (χ4n) is 4.39. The number of amides is 1. The number of piperazine rings is 1. The third-order valence-corrected chi connectivity index (χ3v) is 8.53. The van der Waals surface area contributed by atoms with Gasteiger partial charge in [0.05, 0.1) is 22.6 Å². The lowest BCUT2D eigenvalue weighted by atomic mass is 9.86. The predicted octanol–water partition coefficient (Wildman–Crippen LogP) is 4.51. The number of ether oxygens (including phenoxy) is 1. The van der Waals surface area contributed by atoms with Gasteiger partial charge in [-0.2, -0.15) is 17.5 Å². The van der Waals surface area contributed by atoms with Crippen LogP contribution in [0.4, 0.5) is 13.2 Å². The third-order valence-electron chi connectivity index (χ3n) is 6.52. The van der Waals surface area contributed by atoms with Crippen LogP contribution < -0.4 is 4.74 Å². The second-order valence-corrected chi connectivity index (χ2v) is 11.8. The van der Waals surface area contributed by atoms with E-state index in [9.17, 15) is 36.3 Å². The highest BCUT2D eigenvalue weighted by molar-refractivity contribution is 7.89. The van der Waals surface area contributed by atoms with Crippen LogP contribution in [0.5, 0.6) is 5.75 Å². The Balaban J connectivity index is 1.54. The molecule has 0 bridgehead atoms. The smallest absolute Gasteiger partial charge is 0.416 e. The highest BCUT2D eigenvalue weighted by Crippen LogP contribution is 2.31. The van der Waals surface area contributed by atoms with Crippen LogP contribution in [0.15, 0.2) is 53.4 Å². The Morgan fingerprint density at radius 3 is 2.32 bits per heavy atom. The normalized spacial score (nSPS) is 17.3. The molecule has 1 heterocycles. The summed E-state index contributed by atoms with van der Waals surface area (Å²) < 4.78 is 71.2. The first-order chi connectivity index (χ1) is 17.6. The number of rotatable bonds is 9. The Bertz CT molecular complexity index is 1260. The Morgan fingerprint density at radius 1 is 1.08 bits per heavy atom. The summed E-state index contributed by atoms with van der Waals surface area (Å²) in [4.78, 5) is 26.0. The van der Waals surface area contributed by atoms with Crippen LogP contribution >= 0.6 is 0 Å². The molecule has 0 saturated carbocycles. The number of hydrogen-bond acceptors (Lipinski definition) is 5. The predicted molar refractivity (Wildman–Crippen MR) is 133 cm³/mol. The van der Waals surface area contributed by atoms with Crippen molar-refractivity contribution in [1.29, 1.82) is 0 Å². The summed E-state index contributed by atoms with van der Waals surface area (Å²) in [7, 11) is -3.95. The number of sulfonamides is 1. The number of carbonyl (C=O) groups is 2. The highest BCUT2D eigenvalue weighted by Gasteiger charge is 2.39. The second-order valence-electron chi connectivity index (χ2n) is 9.91. The average Bonchev–Trinajstić information content (AvgIpc) is 2.85. The fraction of sp³-hybridized carbons (Fsp3) is 0.462. The molecule has 3 rings (SSSR count). The first-order valence-corrected chi connectivity index (χ1v) is 13.5. The number of halogens is 3. The van der Waals surface area contributed by atoms with E-state index in [0.717, 1.165) is 18.2 Å². The van der Waals surface area contributed by atoms with Gasteiger partial charge in [0.25, 0.3) is 0 Å². The Labute approximate surface area is 220 Å². The highest BCUT2D eigenvalue weighted by atomic mass is 32.2. The third kappa shape index (κ3) is 6.84. The molecule has 1 N–H and O–H groups in total. The topological polar surface area (TPSA) is 104 Å². The summed E-state index contributed by atoms with van der Waals surface area (Å²) in [6, 6.07) is 9.06. The van der Waals surface area contributed by atoms with Gasteiger partial charge in [0.2, 0.25) is 15.9 Å². The van der Waals surface area contributed by atoms with E-state index < -0.39 is 39.2 Å². The molecule has 0 radical (unpaired) electrons. The molecule has 0 aliphatic carbocycles. The molecule has 2 aromatic carbocycles. The maximum atomic E-state index is 13.3. The van der Waals surface area contributed by atoms with E-state index in [1.54, 1.807) is 25.7 Å². The molecule has 1 fully saturated rings. The van der Waals surface area contributed by atoms with Crippen molar-refractivity contribution < 1.29 is 41.0 Å². The molecule has 38 heavy (non-hydrogen) atoms. The minimum absolute atomic E-state index is 0.0691. The number of carboxylic acids is 1. The number of carbonyl (C=O) groups excluding carboxylic acids is 1. The molecular formula is C26H31F3N2O6S. The molecule has 0 aromatic heterocycles. The monoisotopic (exact) mass is 556 g/mol. The van der Waals surface area contributed by atoms with E-state index in [1.165, 1.54) is 34.6 Å². The van der Waals surface area contributed by atoms with Crippen LogP contribution in [0.1, 0.15) is 49.5 Å². The van der Waals surface area contributed by atoms with Crippen molar-refractivity contribution in [3.63, 3.8) is 0 Å². The maximum Gasteiger partial charge on any atom is 0.416 e. The molecule has 1 saturated heterocycles. The van der Waals surface area contributed by atoms with Gasteiger partial charge in [-0.15, -0.1) is 0 Å². The molecule has 1 atom stereocenters. The largest absolute Gasteiger partial charge is 0.494 e. The van der Waals surface area contributed by atoms with Gasteiger partial charge in [0, 0.05) is 31.1 Å². The molecule has 2 aromatic rings. The Kier molecular flexibility index (Phi) is 8.77. The number of benzene rings is 2. The average molecular weight is 557 g/mol. The van der Waals surface area contributed by atoms with Crippen LogP contribution in [-0.4, -0.2) is 66.9 Å². The zero-order valence-electron chi connectivity index (χ0n) is 21.4. The minimum atomic E-state index is -4.42. The van der Waals surface area contributed by atoms with Crippen molar-refractivity contribution >= 4 is 21.9 Å². The van der Waals surface area contributed by atoms with Crippen LogP contribution in [0.2, 0.25) is 0 Å². The van der Waals surface area contributed by atoms with Crippen molar-refractivity contribution in [2.75, 3.05) is 26.2 Å². The summed E-state index contributed by atoms with van der Waals surface area (Å²) >= 11 is 0. The second kappa shape index (κ2) is 11.3. The minimum Gasteiger partial charge on any atom is -0.494 e. The van der Waals surface area contributed by atoms with E-state index in [2.05, 4.69) is 0 Å². The number of alkyl halides is 3. The molecule has 1 unspecified atom stereocenters. The van der Waals surface area contributed by atoms with Crippen LogP contribution in [0, 0.1) is 5.41 Å². The quantitative estimate of drug-likeness (QED) is 0.456. The Hall–Kier alpha value is -3.12. The lowest BCUT2D eigenvalue weighted by Gasteiger charge is -2.41. The standard InChI is InChI=1S/C26H31F3N2O6S/c1-18-17-30(13-14-31(18)38(35,36)22-7-4-6-19(16-22)23(32)33)24(34)25(2,3)12-5-15-37-21-10-8-20(9-11-21)26(27,28)29/h4,6-11,16,18H,5,12-15,17H2,1-3H3,(H,32,33). The lowest BCUT2D eigenvalue weighted by Crippen LogP contribution is -2.57. The van der Waals surface area contributed by atoms with E-state index in [4.69, 9.17) is 4.74 Å². The van der Waals surface area contributed by atoms with Gasteiger partial charge in [-0.05, 0) is 62.2 Å². The molecule has 12 heteroatoms. The van der Waals surface area contributed by atoms with Crippen molar-refractivity contribution in [1.82, 2.24) is 9.21 Å². The molecule has 208 valence electrons. The molecular weight excluding hydrogens is 525 g/mol. The lowest BCUT2D eigenvalue weighted by molar-refractivity contribution is -0.143. The summed E-state index contributed by atoms with van der Waals surface area (Å²) in [6.07, 6.45) is -3.47. The van der Waals surface area contributed by atoms with Crippen LogP contribution in [0.3, 0.4) is 0 Å². The van der Waals surface area contributed by atoms with Gasteiger partial charge >= 0.3 is 12.1 Å².